The summed E-state index contributed by atoms with van der Waals surface area (Å²) in [5.41, 5.74) is 1.43. The maximum absolute atomic E-state index is 8.58. The molecule has 0 aliphatic heterocycles. The molecule has 1 aromatic rings. The van der Waals surface area contributed by atoms with Gasteiger partial charge >= 0.3 is 0 Å². The topological polar surface area (TPSA) is 50.8 Å². The fourth-order valence-electron chi connectivity index (χ4n) is 4.31. The Labute approximate surface area is 198 Å². The van der Waals surface area contributed by atoms with Crippen LogP contribution in [0.1, 0.15) is 121 Å². The van der Waals surface area contributed by atoms with E-state index in [-0.39, 0.29) is 0 Å². The number of rotatable bonds is 22. The van der Waals surface area contributed by atoms with Gasteiger partial charge in [-0.25, -0.2) is 0 Å². The van der Waals surface area contributed by atoms with Crippen molar-refractivity contribution >= 4 is 0 Å². The molecule has 0 atom stereocenters. The molecule has 0 saturated heterocycles. The highest BCUT2D eigenvalue weighted by Crippen LogP contribution is 2.13. The van der Waals surface area contributed by atoms with Crippen LogP contribution >= 0.6 is 0 Å². The second-order valence-corrected chi connectivity index (χ2v) is 9.23. The Kier molecular flexibility index (Phi) is 19.7. The Morgan fingerprint density at radius 3 is 1.28 bits per heavy atom. The fraction of sp³-hybridized carbons (Fsp3) is 0.724. The molecule has 0 unspecified atom stereocenters. The molecular weight excluding hydrogens is 390 g/mol. The van der Waals surface area contributed by atoms with Crippen molar-refractivity contribution < 1.29 is 0 Å². The lowest BCUT2D eigenvalue weighted by molar-refractivity contribution is 0.252. The van der Waals surface area contributed by atoms with E-state index in [4.69, 9.17) is 10.5 Å². The molecule has 0 fully saturated rings. The standard InChI is InChI=1S/C29H47N3/c30-24-18-11-7-3-1-5-9-13-20-26-32(28-29-22-16-15-17-23-29)27-21-14-10-6-2-4-8-12-19-25-31/h15-17,22-23H,1-14,18-21,26-28H2. The maximum Gasteiger partial charge on any atom is 0.0621 e. The molecule has 0 heterocycles. The predicted molar refractivity (Wildman–Crippen MR) is 136 cm³/mol. The van der Waals surface area contributed by atoms with Gasteiger partial charge in [0, 0.05) is 19.4 Å². The molecule has 0 aliphatic carbocycles. The Morgan fingerprint density at radius 1 is 0.500 bits per heavy atom. The third-order valence-corrected chi connectivity index (χ3v) is 6.27. The molecule has 0 aliphatic rings. The van der Waals surface area contributed by atoms with E-state index in [0.29, 0.717) is 0 Å². The molecule has 0 aromatic heterocycles. The fourth-order valence-corrected chi connectivity index (χ4v) is 4.31. The van der Waals surface area contributed by atoms with E-state index < -0.39 is 0 Å². The van der Waals surface area contributed by atoms with Crippen molar-refractivity contribution in [2.75, 3.05) is 13.1 Å². The summed E-state index contributed by atoms with van der Waals surface area (Å²) in [5.74, 6) is 0. The predicted octanol–water partition coefficient (Wildman–Crippen LogP) is 8.56. The Morgan fingerprint density at radius 2 is 0.875 bits per heavy atom. The minimum absolute atomic E-state index is 0.723. The van der Waals surface area contributed by atoms with Gasteiger partial charge in [-0.2, -0.15) is 10.5 Å². The van der Waals surface area contributed by atoms with Gasteiger partial charge in [0.1, 0.15) is 0 Å². The van der Waals surface area contributed by atoms with E-state index >= 15 is 0 Å². The third kappa shape index (κ3) is 17.8. The second kappa shape index (κ2) is 22.4. The highest BCUT2D eigenvalue weighted by Gasteiger charge is 2.06. The van der Waals surface area contributed by atoms with Crippen LogP contribution in [0.15, 0.2) is 30.3 Å². The number of unbranched alkanes of at least 4 members (excludes halogenated alkanes) is 16. The van der Waals surface area contributed by atoms with Gasteiger partial charge in [-0.15, -0.1) is 0 Å². The van der Waals surface area contributed by atoms with Gasteiger partial charge < -0.3 is 0 Å². The normalized spacial score (nSPS) is 10.8. The molecule has 0 N–H and O–H groups in total. The smallest absolute Gasteiger partial charge is 0.0621 e. The van der Waals surface area contributed by atoms with E-state index in [0.717, 1.165) is 32.2 Å². The first-order valence-corrected chi connectivity index (χ1v) is 13.4. The summed E-state index contributed by atoms with van der Waals surface area (Å²) in [6.45, 7) is 3.52. The quantitative estimate of drug-likeness (QED) is 0.171. The van der Waals surface area contributed by atoms with Crippen molar-refractivity contribution in [3.8, 4) is 12.1 Å². The molecule has 3 heteroatoms. The number of hydrogen-bond donors (Lipinski definition) is 0. The average molecular weight is 438 g/mol. The number of nitrogens with zero attached hydrogens (tertiary/aromatic N) is 3. The van der Waals surface area contributed by atoms with E-state index in [9.17, 15) is 0 Å². The van der Waals surface area contributed by atoms with E-state index in [1.807, 2.05) is 0 Å². The summed E-state index contributed by atoms with van der Waals surface area (Å²) >= 11 is 0. The van der Waals surface area contributed by atoms with Crippen LogP contribution in [0, 0.1) is 22.7 Å². The largest absolute Gasteiger partial charge is 0.299 e. The molecule has 1 aromatic carbocycles. The lowest BCUT2D eigenvalue weighted by Gasteiger charge is -2.22. The summed E-state index contributed by atoms with van der Waals surface area (Å²) in [4.78, 5) is 2.67. The van der Waals surface area contributed by atoms with Crippen molar-refractivity contribution in [3.63, 3.8) is 0 Å². The first kappa shape index (κ1) is 28.2. The monoisotopic (exact) mass is 437 g/mol. The maximum atomic E-state index is 8.58. The summed E-state index contributed by atoms with van der Waals surface area (Å²) in [6, 6.07) is 15.4. The molecular formula is C29H47N3. The zero-order valence-electron chi connectivity index (χ0n) is 20.6. The van der Waals surface area contributed by atoms with Crippen molar-refractivity contribution in [1.82, 2.24) is 4.90 Å². The molecule has 3 nitrogen and oxygen atoms in total. The van der Waals surface area contributed by atoms with Gasteiger partial charge in [-0.1, -0.05) is 107 Å². The average Bonchev–Trinajstić information content (AvgIpc) is 2.82. The van der Waals surface area contributed by atoms with Crippen molar-refractivity contribution in [2.45, 2.75) is 122 Å². The molecule has 178 valence electrons. The van der Waals surface area contributed by atoms with Gasteiger partial charge in [0.15, 0.2) is 0 Å². The van der Waals surface area contributed by atoms with E-state index in [1.54, 1.807) is 0 Å². The van der Waals surface area contributed by atoms with Crippen LogP contribution in [0.3, 0.4) is 0 Å². The first-order chi connectivity index (χ1) is 15.9. The zero-order valence-corrected chi connectivity index (χ0v) is 20.6. The minimum atomic E-state index is 0.723. The summed E-state index contributed by atoms with van der Waals surface area (Å²) in [6.07, 6.45) is 22.0. The van der Waals surface area contributed by atoms with Crippen molar-refractivity contribution in [2.24, 2.45) is 0 Å². The van der Waals surface area contributed by atoms with Crippen molar-refractivity contribution in [3.05, 3.63) is 35.9 Å². The van der Waals surface area contributed by atoms with Crippen LogP contribution in [-0.2, 0) is 6.54 Å². The summed E-state index contributed by atoms with van der Waals surface area (Å²) in [5, 5.41) is 17.2. The lowest BCUT2D eigenvalue weighted by Crippen LogP contribution is -2.25. The molecule has 0 saturated carbocycles. The highest BCUT2D eigenvalue weighted by atomic mass is 15.1. The van der Waals surface area contributed by atoms with Crippen LogP contribution in [0.2, 0.25) is 0 Å². The summed E-state index contributed by atoms with van der Waals surface area (Å²) in [7, 11) is 0. The SMILES string of the molecule is N#CCCCCCCCCCCN(CCCCCCCCCCC#N)Cc1ccccc1. The molecule has 1 rings (SSSR count). The van der Waals surface area contributed by atoms with Gasteiger partial charge in [-0.3, -0.25) is 4.90 Å². The third-order valence-electron chi connectivity index (χ3n) is 6.27. The van der Waals surface area contributed by atoms with Crippen LogP contribution in [0.25, 0.3) is 0 Å². The zero-order chi connectivity index (χ0) is 23.0. The molecule has 0 spiro atoms. The lowest BCUT2D eigenvalue weighted by atomic mass is 10.1. The second-order valence-electron chi connectivity index (χ2n) is 9.23. The van der Waals surface area contributed by atoms with Gasteiger partial charge in [0.25, 0.3) is 0 Å². The number of hydrogen-bond acceptors (Lipinski definition) is 3. The van der Waals surface area contributed by atoms with E-state index in [1.165, 1.54) is 109 Å². The van der Waals surface area contributed by atoms with Crippen molar-refractivity contribution in [1.29, 1.82) is 10.5 Å². The Balaban J connectivity index is 2.12. The summed E-state index contributed by atoms with van der Waals surface area (Å²) < 4.78 is 0. The molecule has 0 amide bonds. The van der Waals surface area contributed by atoms with Crippen LogP contribution in [0.4, 0.5) is 0 Å². The first-order valence-electron chi connectivity index (χ1n) is 13.4. The molecule has 0 bridgehead atoms. The Hall–Kier alpha value is -1.84. The highest BCUT2D eigenvalue weighted by molar-refractivity contribution is 5.14. The molecule has 0 radical (unpaired) electrons. The van der Waals surface area contributed by atoms with Gasteiger partial charge in [-0.05, 0) is 44.3 Å². The minimum Gasteiger partial charge on any atom is -0.299 e. The number of benzene rings is 1. The van der Waals surface area contributed by atoms with Gasteiger partial charge in [0.2, 0.25) is 0 Å². The van der Waals surface area contributed by atoms with Crippen LogP contribution < -0.4 is 0 Å². The van der Waals surface area contributed by atoms with E-state index in [2.05, 4.69) is 47.4 Å². The Bertz CT molecular complexity index is 565. The van der Waals surface area contributed by atoms with Crippen LogP contribution in [0.5, 0.6) is 0 Å². The van der Waals surface area contributed by atoms with Gasteiger partial charge in [0.05, 0.1) is 12.1 Å². The number of nitriles is 2. The molecule has 32 heavy (non-hydrogen) atoms. The van der Waals surface area contributed by atoms with Crippen LogP contribution in [-0.4, -0.2) is 18.0 Å².